The van der Waals surface area contributed by atoms with Gasteiger partial charge in [0.05, 0.1) is 24.8 Å². The van der Waals surface area contributed by atoms with Gasteiger partial charge in [-0.05, 0) is 42.8 Å². The first-order valence-corrected chi connectivity index (χ1v) is 9.34. The van der Waals surface area contributed by atoms with E-state index in [9.17, 15) is 14.4 Å². The molecule has 1 fully saturated rings. The minimum Gasteiger partial charge on any atom is -0.493 e. The van der Waals surface area contributed by atoms with Crippen molar-refractivity contribution in [1.29, 1.82) is 0 Å². The number of nitrogens with zero attached hydrogens (tertiary/aromatic N) is 1. The van der Waals surface area contributed by atoms with Crippen LogP contribution in [-0.4, -0.2) is 45.0 Å². The van der Waals surface area contributed by atoms with Crippen LogP contribution in [0.5, 0.6) is 11.5 Å². The minimum atomic E-state index is -0.708. The Hall–Kier alpha value is -3.06. The number of ether oxygens (including phenoxy) is 3. The van der Waals surface area contributed by atoms with Crippen LogP contribution in [0.25, 0.3) is 0 Å². The second kappa shape index (κ2) is 8.96. The molecule has 0 saturated carbocycles. The molecule has 0 N–H and O–H groups in total. The molecule has 1 amide bonds. The van der Waals surface area contributed by atoms with Crippen molar-refractivity contribution in [1.82, 2.24) is 0 Å². The molecule has 3 rings (SSSR count). The van der Waals surface area contributed by atoms with Gasteiger partial charge in [-0.2, -0.15) is 0 Å². The zero-order chi connectivity index (χ0) is 21.0. The van der Waals surface area contributed by atoms with Crippen molar-refractivity contribution in [2.24, 2.45) is 0 Å². The first kappa shape index (κ1) is 20.7. The average molecular weight is 418 g/mol. The second-order valence-electron chi connectivity index (χ2n) is 6.39. The quantitative estimate of drug-likeness (QED) is 0.506. The predicted molar refractivity (Wildman–Crippen MR) is 107 cm³/mol. The molecule has 2 aromatic carbocycles. The van der Waals surface area contributed by atoms with Gasteiger partial charge in [0.15, 0.2) is 23.9 Å². The summed E-state index contributed by atoms with van der Waals surface area (Å²) in [6, 6.07) is 9.48. The van der Waals surface area contributed by atoms with Crippen LogP contribution in [0.4, 0.5) is 5.69 Å². The lowest BCUT2D eigenvalue weighted by molar-refractivity contribution is -0.117. The highest BCUT2D eigenvalue weighted by molar-refractivity contribution is 6.32. The Labute approximate surface area is 173 Å². The summed E-state index contributed by atoms with van der Waals surface area (Å²) in [5.41, 5.74) is 1.28. The van der Waals surface area contributed by atoms with E-state index in [-0.39, 0.29) is 28.0 Å². The fourth-order valence-electron chi connectivity index (χ4n) is 3.08. The number of Topliss-reactive ketones (excluding diaryl/α,β-unsaturated/α-hetero) is 1. The molecule has 29 heavy (non-hydrogen) atoms. The number of rotatable bonds is 7. The van der Waals surface area contributed by atoms with Gasteiger partial charge in [-0.1, -0.05) is 11.6 Å². The van der Waals surface area contributed by atoms with E-state index < -0.39 is 12.6 Å². The highest BCUT2D eigenvalue weighted by Gasteiger charge is 2.22. The van der Waals surface area contributed by atoms with Gasteiger partial charge in [-0.15, -0.1) is 0 Å². The van der Waals surface area contributed by atoms with Gasteiger partial charge < -0.3 is 19.1 Å². The first-order valence-electron chi connectivity index (χ1n) is 8.97. The molecule has 8 heteroatoms. The smallest absolute Gasteiger partial charge is 0.338 e. The van der Waals surface area contributed by atoms with Crippen molar-refractivity contribution in [3.8, 4) is 11.5 Å². The van der Waals surface area contributed by atoms with Crippen molar-refractivity contribution in [2.45, 2.75) is 12.8 Å². The number of esters is 1. The third-order valence-electron chi connectivity index (χ3n) is 4.58. The van der Waals surface area contributed by atoms with Crippen molar-refractivity contribution < 1.29 is 28.6 Å². The van der Waals surface area contributed by atoms with Gasteiger partial charge in [0.1, 0.15) is 0 Å². The molecule has 0 spiro atoms. The number of methoxy groups -OCH3 is 2. The Bertz CT molecular complexity index is 941. The predicted octanol–water partition coefficient (Wildman–Crippen LogP) is 3.52. The molecule has 0 atom stereocenters. The van der Waals surface area contributed by atoms with Crippen LogP contribution in [0, 0.1) is 0 Å². The molecule has 2 aromatic rings. The number of carbonyl (C=O) groups excluding carboxylic acids is 3. The Kier molecular flexibility index (Phi) is 6.39. The van der Waals surface area contributed by atoms with E-state index in [1.165, 1.54) is 26.4 Å². The van der Waals surface area contributed by atoms with Gasteiger partial charge in [-0.3, -0.25) is 9.59 Å². The van der Waals surface area contributed by atoms with E-state index >= 15 is 0 Å². The average Bonchev–Trinajstić information content (AvgIpc) is 3.17. The van der Waals surface area contributed by atoms with Crippen LogP contribution < -0.4 is 14.4 Å². The number of hydrogen-bond donors (Lipinski definition) is 0. The zero-order valence-electron chi connectivity index (χ0n) is 16.1. The minimum absolute atomic E-state index is 0.0755. The number of amides is 1. The maximum absolute atomic E-state index is 12.3. The Morgan fingerprint density at radius 2 is 1.79 bits per heavy atom. The summed E-state index contributed by atoms with van der Waals surface area (Å²) >= 11 is 6.09. The molecule has 1 saturated heterocycles. The zero-order valence-corrected chi connectivity index (χ0v) is 16.8. The maximum atomic E-state index is 12.3. The molecule has 1 aliphatic rings. The van der Waals surface area contributed by atoms with Gasteiger partial charge in [0.2, 0.25) is 5.91 Å². The van der Waals surface area contributed by atoms with E-state index in [1.807, 2.05) is 0 Å². The summed E-state index contributed by atoms with van der Waals surface area (Å²) in [6.07, 6.45) is 1.37. The number of halogens is 1. The lowest BCUT2D eigenvalue weighted by Gasteiger charge is -2.15. The van der Waals surface area contributed by atoms with Gasteiger partial charge in [0, 0.05) is 24.2 Å². The van der Waals surface area contributed by atoms with Crippen molar-refractivity contribution in [3.63, 3.8) is 0 Å². The van der Waals surface area contributed by atoms with Crippen LogP contribution in [0.1, 0.15) is 33.6 Å². The van der Waals surface area contributed by atoms with Crippen LogP contribution >= 0.6 is 11.6 Å². The lowest BCUT2D eigenvalue weighted by atomic mass is 10.1. The third kappa shape index (κ3) is 4.51. The molecular weight excluding hydrogens is 398 g/mol. The fourth-order valence-corrected chi connectivity index (χ4v) is 3.37. The van der Waals surface area contributed by atoms with Crippen LogP contribution in [-0.2, 0) is 9.53 Å². The van der Waals surface area contributed by atoms with Gasteiger partial charge in [0.25, 0.3) is 0 Å². The van der Waals surface area contributed by atoms with Crippen LogP contribution in [0.2, 0.25) is 5.02 Å². The molecule has 1 heterocycles. The topological polar surface area (TPSA) is 82.1 Å². The van der Waals surface area contributed by atoms with E-state index in [4.69, 9.17) is 25.8 Å². The molecule has 0 aromatic heterocycles. The summed E-state index contributed by atoms with van der Waals surface area (Å²) in [4.78, 5) is 38.1. The summed E-state index contributed by atoms with van der Waals surface area (Å²) in [7, 11) is 2.86. The number of benzene rings is 2. The van der Waals surface area contributed by atoms with Gasteiger partial charge in [-0.25, -0.2) is 4.79 Å². The Morgan fingerprint density at radius 1 is 1.07 bits per heavy atom. The highest BCUT2D eigenvalue weighted by Crippen LogP contribution is 2.36. The Balaban J connectivity index is 1.64. The summed E-state index contributed by atoms with van der Waals surface area (Å²) in [5.74, 6) is -0.403. The molecule has 7 nitrogen and oxygen atoms in total. The summed E-state index contributed by atoms with van der Waals surface area (Å²) in [6.45, 7) is 0.254. The molecule has 1 aliphatic heterocycles. The van der Waals surface area contributed by atoms with E-state index in [0.29, 0.717) is 24.3 Å². The summed E-state index contributed by atoms with van der Waals surface area (Å²) in [5, 5.41) is 0.192. The fraction of sp³-hybridized carbons (Fsp3) is 0.286. The molecule has 152 valence electrons. The standard InChI is InChI=1S/C21H20ClNO6/c1-27-18-11-14(10-16(22)20(18)28-2)21(26)29-12-17(24)13-5-7-15(8-6-13)23-9-3-4-19(23)25/h5-8,10-11H,3-4,9,12H2,1-2H3. The molecular formula is C21H20ClNO6. The van der Waals surface area contributed by atoms with Gasteiger partial charge >= 0.3 is 5.97 Å². The monoisotopic (exact) mass is 417 g/mol. The van der Waals surface area contributed by atoms with E-state index in [2.05, 4.69) is 0 Å². The lowest BCUT2D eigenvalue weighted by Crippen LogP contribution is -2.23. The third-order valence-corrected chi connectivity index (χ3v) is 4.86. The molecule has 0 bridgehead atoms. The van der Waals surface area contributed by atoms with Crippen LogP contribution in [0.15, 0.2) is 36.4 Å². The van der Waals surface area contributed by atoms with Crippen LogP contribution in [0.3, 0.4) is 0 Å². The van der Waals surface area contributed by atoms with E-state index in [1.54, 1.807) is 29.2 Å². The molecule has 0 unspecified atom stereocenters. The molecule has 0 aliphatic carbocycles. The normalized spacial score (nSPS) is 13.3. The first-order chi connectivity index (χ1) is 13.9. The van der Waals surface area contributed by atoms with E-state index in [0.717, 1.165) is 12.1 Å². The van der Waals surface area contributed by atoms with Crippen molar-refractivity contribution >= 4 is 34.9 Å². The number of anilines is 1. The second-order valence-corrected chi connectivity index (χ2v) is 6.80. The highest BCUT2D eigenvalue weighted by atomic mass is 35.5. The maximum Gasteiger partial charge on any atom is 0.338 e. The number of hydrogen-bond acceptors (Lipinski definition) is 6. The van der Waals surface area contributed by atoms with Crippen molar-refractivity contribution in [2.75, 3.05) is 32.3 Å². The Morgan fingerprint density at radius 3 is 2.38 bits per heavy atom. The number of ketones is 1. The SMILES string of the molecule is COc1cc(C(=O)OCC(=O)c2ccc(N3CCCC3=O)cc2)cc(Cl)c1OC. The molecule has 0 radical (unpaired) electrons. The van der Waals surface area contributed by atoms with Crippen molar-refractivity contribution in [3.05, 3.63) is 52.5 Å². The summed E-state index contributed by atoms with van der Waals surface area (Å²) < 4.78 is 15.4. The largest absolute Gasteiger partial charge is 0.493 e. The number of carbonyl (C=O) groups is 3.